The average molecular weight is 328 g/mol. The van der Waals surface area contributed by atoms with Crippen molar-refractivity contribution in [2.75, 3.05) is 31.1 Å². The van der Waals surface area contributed by atoms with Crippen molar-refractivity contribution in [2.45, 2.75) is 18.8 Å². The topological polar surface area (TPSA) is 92.1 Å². The van der Waals surface area contributed by atoms with E-state index in [1.807, 2.05) is 13.1 Å². The standard InChI is InChI=1S/C16H20N6O2/c1-21-12-8-13(22-6-4-17-5-7-22)18-9-11(12)15(20-21)10-2-3-14(23)19-16(10)24/h8-10,17H,2-7H2,1H3,(H,19,23,24). The molecule has 1 atom stereocenters. The van der Waals surface area contributed by atoms with Crippen molar-refractivity contribution < 1.29 is 9.59 Å². The van der Waals surface area contributed by atoms with Gasteiger partial charge in [0.05, 0.1) is 17.1 Å². The van der Waals surface area contributed by atoms with Crippen LogP contribution < -0.4 is 15.5 Å². The van der Waals surface area contributed by atoms with Crippen LogP contribution in [0.15, 0.2) is 12.3 Å². The Bertz CT molecular complexity index is 808. The van der Waals surface area contributed by atoms with Crippen LogP contribution in [0.5, 0.6) is 0 Å². The highest BCUT2D eigenvalue weighted by molar-refractivity contribution is 6.02. The molecule has 2 fully saturated rings. The third-order valence-electron chi connectivity index (χ3n) is 4.76. The zero-order valence-corrected chi connectivity index (χ0v) is 13.6. The number of fused-ring (bicyclic) bond motifs is 1. The molecule has 0 aliphatic carbocycles. The predicted octanol–water partition coefficient (Wildman–Crippen LogP) is -0.102. The van der Waals surface area contributed by atoms with E-state index in [1.54, 1.807) is 10.9 Å². The summed E-state index contributed by atoms with van der Waals surface area (Å²) in [6.45, 7) is 3.76. The Labute approximate surface area is 139 Å². The Hall–Kier alpha value is -2.48. The second-order valence-corrected chi connectivity index (χ2v) is 6.31. The van der Waals surface area contributed by atoms with Crippen molar-refractivity contribution in [3.63, 3.8) is 0 Å². The summed E-state index contributed by atoms with van der Waals surface area (Å²) >= 11 is 0. The molecular formula is C16H20N6O2. The van der Waals surface area contributed by atoms with E-state index in [2.05, 4.69) is 25.6 Å². The molecule has 2 aromatic rings. The number of nitrogens with one attached hydrogen (secondary N) is 2. The lowest BCUT2D eigenvalue weighted by Crippen LogP contribution is -2.43. The van der Waals surface area contributed by atoms with Gasteiger partial charge in [0.25, 0.3) is 0 Å². The van der Waals surface area contributed by atoms with Crippen molar-refractivity contribution in [3.8, 4) is 0 Å². The molecule has 2 saturated heterocycles. The van der Waals surface area contributed by atoms with Gasteiger partial charge in [-0.2, -0.15) is 5.10 Å². The maximum atomic E-state index is 12.2. The van der Waals surface area contributed by atoms with Gasteiger partial charge >= 0.3 is 0 Å². The van der Waals surface area contributed by atoms with Gasteiger partial charge in [0, 0.05) is 57.3 Å². The minimum Gasteiger partial charge on any atom is -0.354 e. The molecule has 2 aliphatic rings. The lowest BCUT2D eigenvalue weighted by Gasteiger charge is -2.28. The van der Waals surface area contributed by atoms with E-state index < -0.39 is 5.92 Å². The van der Waals surface area contributed by atoms with Crippen molar-refractivity contribution in [1.29, 1.82) is 0 Å². The smallest absolute Gasteiger partial charge is 0.235 e. The quantitative estimate of drug-likeness (QED) is 0.748. The van der Waals surface area contributed by atoms with Crippen LogP contribution in [0, 0.1) is 0 Å². The average Bonchev–Trinajstić information content (AvgIpc) is 2.92. The molecule has 0 bridgehead atoms. The number of imide groups is 1. The molecule has 0 saturated carbocycles. The number of rotatable bonds is 2. The number of aromatic nitrogens is 3. The Balaban J connectivity index is 1.71. The summed E-state index contributed by atoms with van der Waals surface area (Å²) in [5.74, 6) is 0.0631. The lowest BCUT2D eigenvalue weighted by molar-refractivity contribution is -0.134. The fourth-order valence-electron chi connectivity index (χ4n) is 3.45. The van der Waals surface area contributed by atoms with Crippen LogP contribution in [0.1, 0.15) is 24.5 Å². The molecule has 2 amide bonds. The number of pyridine rings is 1. The first kappa shape index (κ1) is 15.1. The molecule has 0 spiro atoms. The van der Waals surface area contributed by atoms with E-state index in [-0.39, 0.29) is 11.8 Å². The largest absolute Gasteiger partial charge is 0.354 e. The second-order valence-electron chi connectivity index (χ2n) is 6.31. The van der Waals surface area contributed by atoms with Crippen LogP contribution >= 0.6 is 0 Å². The zero-order valence-electron chi connectivity index (χ0n) is 13.6. The summed E-state index contributed by atoms with van der Waals surface area (Å²) in [5, 5.41) is 11.2. The lowest BCUT2D eigenvalue weighted by atomic mass is 9.93. The van der Waals surface area contributed by atoms with E-state index in [0.29, 0.717) is 18.5 Å². The van der Waals surface area contributed by atoms with Crippen LogP contribution in [0.2, 0.25) is 0 Å². The molecule has 2 aliphatic heterocycles. The van der Waals surface area contributed by atoms with Crippen molar-refractivity contribution in [1.82, 2.24) is 25.4 Å². The Kier molecular flexibility index (Phi) is 3.68. The second kappa shape index (κ2) is 5.86. The summed E-state index contributed by atoms with van der Waals surface area (Å²) in [6, 6.07) is 2.03. The van der Waals surface area contributed by atoms with Crippen LogP contribution in [-0.4, -0.2) is 52.8 Å². The number of amides is 2. The van der Waals surface area contributed by atoms with Gasteiger partial charge in [0.1, 0.15) is 5.82 Å². The first-order valence-corrected chi connectivity index (χ1v) is 8.25. The number of carbonyl (C=O) groups excluding carboxylic acids is 2. The van der Waals surface area contributed by atoms with Gasteiger partial charge in [-0.3, -0.25) is 19.6 Å². The highest BCUT2D eigenvalue weighted by Crippen LogP contribution is 2.31. The van der Waals surface area contributed by atoms with Crippen LogP contribution in [0.25, 0.3) is 10.9 Å². The normalized spacial score (nSPS) is 22.0. The first-order chi connectivity index (χ1) is 11.6. The molecule has 4 heterocycles. The molecule has 4 rings (SSSR count). The summed E-state index contributed by atoms with van der Waals surface area (Å²) < 4.78 is 1.79. The predicted molar refractivity (Wildman–Crippen MR) is 88.7 cm³/mol. The third-order valence-corrected chi connectivity index (χ3v) is 4.76. The molecule has 1 unspecified atom stereocenters. The fraction of sp³-hybridized carbons (Fsp3) is 0.500. The number of piperidine rings is 1. The van der Waals surface area contributed by atoms with Gasteiger partial charge in [-0.1, -0.05) is 0 Å². The maximum Gasteiger partial charge on any atom is 0.235 e. The number of anilines is 1. The van der Waals surface area contributed by atoms with Crippen molar-refractivity contribution >= 4 is 28.5 Å². The van der Waals surface area contributed by atoms with E-state index in [0.717, 1.165) is 42.9 Å². The Morgan fingerprint density at radius 2 is 2.04 bits per heavy atom. The summed E-state index contributed by atoms with van der Waals surface area (Å²) in [6.07, 6.45) is 2.65. The number of hydrogen-bond donors (Lipinski definition) is 2. The van der Waals surface area contributed by atoms with E-state index in [9.17, 15) is 9.59 Å². The van der Waals surface area contributed by atoms with Gasteiger partial charge in [0.2, 0.25) is 11.8 Å². The van der Waals surface area contributed by atoms with E-state index >= 15 is 0 Å². The van der Waals surface area contributed by atoms with E-state index in [4.69, 9.17) is 0 Å². The highest BCUT2D eigenvalue weighted by atomic mass is 16.2. The number of carbonyl (C=O) groups is 2. The SMILES string of the molecule is Cn1nc(C2CCC(=O)NC2=O)c2cnc(N3CCNCC3)cc21. The molecule has 2 N–H and O–H groups in total. The summed E-state index contributed by atoms with van der Waals surface area (Å²) in [5.41, 5.74) is 1.66. The van der Waals surface area contributed by atoms with Crippen LogP contribution in [0.4, 0.5) is 5.82 Å². The molecular weight excluding hydrogens is 308 g/mol. The molecule has 0 aromatic carbocycles. The van der Waals surface area contributed by atoms with Gasteiger partial charge in [-0.25, -0.2) is 4.98 Å². The number of piperazine rings is 1. The monoisotopic (exact) mass is 328 g/mol. The van der Waals surface area contributed by atoms with E-state index in [1.165, 1.54) is 0 Å². The van der Waals surface area contributed by atoms with Crippen molar-refractivity contribution in [2.24, 2.45) is 7.05 Å². The van der Waals surface area contributed by atoms with Crippen molar-refractivity contribution in [3.05, 3.63) is 18.0 Å². The third kappa shape index (κ3) is 2.52. The molecule has 0 radical (unpaired) electrons. The number of aryl methyl sites for hydroxylation is 1. The van der Waals surface area contributed by atoms with Gasteiger partial charge < -0.3 is 10.2 Å². The zero-order chi connectivity index (χ0) is 16.7. The minimum absolute atomic E-state index is 0.212. The molecule has 2 aromatic heterocycles. The Morgan fingerprint density at radius 3 is 2.79 bits per heavy atom. The minimum atomic E-state index is -0.391. The van der Waals surface area contributed by atoms with Gasteiger partial charge in [-0.05, 0) is 6.42 Å². The fourth-order valence-corrected chi connectivity index (χ4v) is 3.45. The van der Waals surface area contributed by atoms with Gasteiger partial charge in [-0.15, -0.1) is 0 Å². The maximum absolute atomic E-state index is 12.2. The highest BCUT2D eigenvalue weighted by Gasteiger charge is 2.31. The molecule has 24 heavy (non-hydrogen) atoms. The first-order valence-electron chi connectivity index (χ1n) is 8.25. The Morgan fingerprint density at radius 1 is 1.25 bits per heavy atom. The number of hydrogen-bond acceptors (Lipinski definition) is 6. The molecule has 8 nitrogen and oxygen atoms in total. The van der Waals surface area contributed by atoms with Crippen LogP contribution in [0.3, 0.4) is 0 Å². The summed E-state index contributed by atoms with van der Waals surface area (Å²) in [7, 11) is 1.87. The number of nitrogens with zero attached hydrogens (tertiary/aromatic N) is 4. The molecule has 8 heteroatoms. The summed E-state index contributed by atoms with van der Waals surface area (Å²) in [4.78, 5) is 30.3. The van der Waals surface area contributed by atoms with Gasteiger partial charge in [0.15, 0.2) is 0 Å². The van der Waals surface area contributed by atoms with Crippen LogP contribution in [-0.2, 0) is 16.6 Å². The molecule has 126 valence electrons.